The van der Waals surface area contributed by atoms with Crippen molar-refractivity contribution in [2.24, 2.45) is 5.73 Å². The number of benzene rings is 1. The highest BCUT2D eigenvalue weighted by atomic mass is 32.2. The van der Waals surface area contributed by atoms with Gasteiger partial charge in [-0.15, -0.1) is 0 Å². The van der Waals surface area contributed by atoms with Gasteiger partial charge in [-0.1, -0.05) is 12.2 Å². The minimum Gasteiger partial charge on any atom is -0.389 e. The van der Waals surface area contributed by atoms with Gasteiger partial charge in [-0.2, -0.15) is 11.8 Å². The minimum absolute atomic E-state index is 0.0146. The molecule has 1 aliphatic heterocycles. The van der Waals surface area contributed by atoms with Crippen LogP contribution in [-0.2, 0) is 4.79 Å². The Morgan fingerprint density at radius 1 is 1.43 bits per heavy atom. The second-order valence-electron chi connectivity index (χ2n) is 5.81. The Hall–Kier alpha value is -1.11. The van der Waals surface area contributed by atoms with E-state index in [4.69, 9.17) is 18.0 Å². The number of thiocarbonyl (C=S) groups is 1. The Balaban J connectivity index is 1.88. The Morgan fingerprint density at radius 2 is 2.10 bits per heavy atom. The van der Waals surface area contributed by atoms with Gasteiger partial charge in [0, 0.05) is 34.8 Å². The predicted molar refractivity (Wildman–Crippen MR) is 93.9 cm³/mol. The van der Waals surface area contributed by atoms with Gasteiger partial charge >= 0.3 is 0 Å². The average Bonchev–Trinajstić information content (AvgIpc) is 2.37. The van der Waals surface area contributed by atoms with Gasteiger partial charge in [0.2, 0.25) is 5.91 Å². The van der Waals surface area contributed by atoms with Crippen molar-refractivity contribution in [2.45, 2.75) is 18.6 Å². The quantitative estimate of drug-likeness (QED) is 0.831. The van der Waals surface area contributed by atoms with E-state index in [1.165, 1.54) is 0 Å². The fourth-order valence-electron chi connectivity index (χ4n) is 2.37. The molecule has 0 bridgehead atoms. The number of carbonyl (C=O) groups is 1. The molecule has 0 aromatic heterocycles. The van der Waals surface area contributed by atoms with Crippen molar-refractivity contribution in [3.8, 4) is 0 Å². The second-order valence-corrected chi connectivity index (χ2v) is 8.05. The number of anilines is 1. The van der Waals surface area contributed by atoms with Crippen LogP contribution in [0.1, 0.15) is 19.4 Å². The van der Waals surface area contributed by atoms with Crippen molar-refractivity contribution in [1.29, 1.82) is 0 Å². The molecule has 1 aromatic carbocycles. The number of carbonyl (C=O) groups excluding carboxylic acids is 1. The highest BCUT2D eigenvalue weighted by Gasteiger charge is 2.27. The van der Waals surface area contributed by atoms with Crippen LogP contribution in [0.2, 0.25) is 0 Å². The van der Waals surface area contributed by atoms with Crippen LogP contribution in [0, 0.1) is 0 Å². The summed E-state index contributed by atoms with van der Waals surface area (Å²) in [5, 5.41) is 2.91. The third-order valence-electron chi connectivity index (χ3n) is 3.33. The first-order chi connectivity index (χ1) is 9.85. The van der Waals surface area contributed by atoms with Gasteiger partial charge in [-0.25, -0.2) is 0 Å². The van der Waals surface area contributed by atoms with Crippen molar-refractivity contribution in [2.75, 3.05) is 30.7 Å². The molecule has 0 saturated carbocycles. The lowest BCUT2D eigenvalue weighted by molar-refractivity contribution is -0.117. The smallest absolute Gasteiger partial charge is 0.238 e. The Morgan fingerprint density at radius 3 is 2.67 bits per heavy atom. The van der Waals surface area contributed by atoms with E-state index in [0.29, 0.717) is 11.5 Å². The van der Waals surface area contributed by atoms with Crippen LogP contribution >= 0.6 is 24.0 Å². The standard InChI is InChI=1S/C15H21N3OS2/c1-15(2)10-18(7-8-21-15)9-13(19)17-12-5-3-11(4-6-12)14(16)20/h3-6H,7-10H2,1-2H3,(H2,16,20)(H,17,19). The summed E-state index contributed by atoms with van der Waals surface area (Å²) in [6.07, 6.45) is 0. The number of thioether (sulfide) groups is 1. The van der Waals surface area contributed by atoms with Crippen molar-refractivity contribution in [1.82, 2.24) is 4.90 Å². The van der Waals surface area contributed by atoms with E-state index < -0.39 is 0 Å². The zero-order chi connectivity index (χ0) is 15.5. The molecule has 1 aliphatic rings. The van der Waals surface area contributed by atoms with E-state index in [1.54, 1.807) is 0 Å². The van der Waals surface area contributed by atoms with Gasteiger partial charge in [-0.3, -0.25) is 9.69 Å². The zero-order valence-electron chi connectivity index (χ0n) is 12.4. The molecule has 21 heavy (non-hydrogen) atoms. The second kappa shape index (κ2) is 6.77. The van der Waals surface area contributed by atoms with Crippen LogP contribution in [0.25, 0.3) is 0 Å². The third kappa shape index (κ3) is 4.98. The Kier molecular flexibility index (Phi) is 5.24. The summed E-state index contributed by atoms with van der Waals surface area (Å²) in [7, 11) is 0. The molecular weight excluding hydrogens is 302 g/mol. The summed E-state index contributed by atoms with van der Waals surface area (Å²) in [6, 6.07) is 7.28. The SMILES string of the molecule is CC1(C)CN(CC(=O)Nc2ccc(C(N)=S)cc2)CCS1. The van der Waals surface area contributed by atoms with Crippen molar-refractivity contribution in [3.05, 3.63) is 29.8 Å². The lowest BCUT2D eigenvalue weighted by Gasteiger charge is -2.37. The van der Waals surface area contributed by atoms with E-state index in [-0.39, 0.29) is 10.7 Å². The topological polar surface area (TPSA) is 58.4 Å². The zero-order valence-corrected chi connectivity index (χ0v) is 14.0. The number of rotatable bonds is 4. The molecule has 0 atom stereocenters. The van der Waals surface area contributed by atoms with Crippen LogP contribution < -0.4 is 11.1 Å². The molecule has 114 valence electrons. The van der Waals surface area contributed by atoms with E-state index in [0.717, 1.165) is 30.1 Å². The van der Waals surface area contributed by atoms with Crippen LogP contribution in [0.5, 0.6) is 0 Å². The van der Waals surface area contributed by atoms with Crippen molar-refractivity contribution >= 4 is 40.6 Å². The molecule has 0 radical (unpaired) electrons. The normalized spacial score (nSPS) is 18.2. The van der Waals surface area contributed by atoms with Gasteiger partial charge in [0.05, 0.1) is 6.54 Å². The number of hydrogen-bond donors (Lipinski definition) is 2. The van der Waals surface area contributed by atoms with Gasteiger partial charge in [0.1, 0.15) is 4.99 Å². The summed E-state index contributed by atoms with van der Waals surface area (Å²) >= 11 is 6.87. The van der Waals surface area contributed by atoms with E-state index in [2.05, 4.69) is 24.1 Å². The maximum atomic E-state index is 12.1. The van der Waals surface area contributed by atoms with Crippen LogP contribution in [0.15, 0.2) is 24.3 Å². The average molecular weight is 323 g/mol. The number of amides is 1. The van der Waals surface area contributed by atoms with Gasteiger partial charge in [0.15, 0.2) is 0 Å². The van der Waals surface area contributed by atoms with Crippen molar-refractivity contribution < 1.29 is 4.79 Å². The molecule has 4 nitrogen and oxygen atoms in total. The molecule has 6 heteroatoms. The largest absolute Gasteiger partial charge is 0.389 e. The molecule has 2 rings (SSSR count). The summed E-state index contributed by atoms with van der Waals surface area (Å²) in [5.74, 6) is 1.09. The van der Waals surface area contributed by atoms with E-state index in [1.807, 2.05) is 36.0 Å². The Bertz CT molecular complexity index is 528. The van der Waals surface area contributed by atoms with E-state index in [9.17, 15) is 4.79 Å². The Labute approximate surface area is 135 Å². The first-order valence-electron chi connectivity index (χ1n) is 6.92. The third-order valence-corrected chi connectivity index (χ3v) is 4.86. The summed E-state index contributed by atoms with van der Waals surface area (Å²) in [5.41, 5.74) is 7.12. The van der Waals surface area contributed by atoms with Gasteiger partial charge in [0.25, 0.3) is 0 Å². The lowest BCUT2D eigenvalue weighted by atomic mass is 10.2. The first-order valence-corrected chi connectivity index (χ1v) is 8.31. The maximum absolute atomic E-state index is 12.1. The molecule has 0 spiro atoms. The summed E-state index contributed by atoms with van der Waals surface area (Å²) in [4.78, 5) is 14.7. The van der Waals surface area contributed by atoms with Gasteiger partial charge < -0.3 is 11.1 Å². The van der Waals surface area contributed by atoms with Crippen LogP contribution in [0.4, 0.5) is 5.69 Å². The number of nitrogens with one attached hydrogen (secondary N) is 1. The monoisotopic (exact) mass is 323 g/mol. The first kappa shape index (κ1) is 16.3. The molecule has 1 aromatic rings. The van der Waals surface area contributed by atoms with Crippen LogP contribution in [0.3, 0.4) is 0 Å². The summed E-state index contributed by atoms with van der Waals surface area (Å²) in [6.45, 7) is 6.76. The lowest BCUT2D eigenvalue weighted by Crippen LogP contribution is -2.46. The molecule has 1 saturated heterocycles. The number of nitrogens with two attached hydrogens (primary N) is 1. The molecule has 1 amide bonds. The molecule has 0 unspecified atom stereocenters. The predicted octanol–water partition coefficient (Wildman–Crippen LogP) is 2.09. The number of nitrogens with zero attached hydrogens (tertiary/aromatic N) is 1. The van der Waals surface area contributed by atoms with Crippen LogP contribution in [-0.4, -0.2) is 45.9 Å². The molecule has 1 fully saturated rings. The molecule has 1 heterocycles. The van der Waals surface area contributed by atoms with E-state index >= 15 is 0 Å². The maximum Gasteiger partial charge on any atom is 0.238 e. The highest BCUT2D eigenvalue weighted by molar-refractivity contribution is 8.00. The summed E-state index contributed by atoms with van der Waals surface area (Å²) < 4.78 is 0.219. The number of hydrogen-bond acceptors (Lipinski definition) is 4. The van der Waals surface area contributed by atoms with Gasteiger partial charge in [-0.05, 0) is 38.1 Å². The molecular formula is C15H21N3OS2. The fourth-order valence-corrected chi connectivity index (χ4v) is 3.68. The highest BCUT2D eigenvalue weighted by Crippen LogP contribution is 2.29. The fraction of sp³-hybridized carbons (Fsp3) is 0.467. The van der Waals surface area contributed by atoms with Crippen molar-refractivity contribution in [3.63, 3.8) is 0 Å². The minimum atomic E-state index is 0.0146. The molecule has 0 aliphatic carbocycles. The molecule has 3 N–H and O–H groups in total.